The molecular formula is C30H27ClN4O3S. The summed E-state index contributed by atoms with van der Waals surface area (Å²) < 4.78 is 5.24. The first-order valence-corrected chi connectivity index (χ1v) is 13.4. The monoisotopic (exact) mass is 558 g/mol. The van der Waals surface area contributed by atoms with Gasteiger partial charge >= 0.3 is 0 Å². The van der Waals surface area contributed by atoms with Crippen LogP contribution in [0.4, 0.5) is 11.4 Å². The molecule has 0 bridgehead atoms. The van der Waals surface area contributed by atoms with Crippen molar-refractivity contribution >= 4 is 52.1 Å². The lowest BCUT2D eigenvalue weighted by Crippen LogP contribution is -2.48. The van der Waals surface area contributed by atoms with Gasteiger partial charge < -0.3 is 24.9 Å². The Kier molecular flexibility index (Phi) is 8.24. The van der Waals surface area contributed by atoms with Crippen molar-refractivity contribution in [1.82, 2.24) is 10.2 Å². The van der Waals surface area contributed by atoms with Crippen LogP contribution in [0, 0.1) is 0 Å². The number of anilines is 2. The first kappa shape index (κ1) is 26.5. The molecule has 0 radical (unpaired) electrons. The van der Waals surface area contributed by atoms with E-state index in [4.69, 9.17) is 28.2 Å². The Balaban J connectivity index is 1.20. The molecule has 2 heterocycles. The average molecular weight is 559 g/mol. The summed E-state index contributed by atoms with van der Waals surface area (Å²) in [6.45, 7) is 2.42. The SMILES string of the molecule is O=C(NC(=S)Nc1ccc(N2CCN(C(=O)c3ccco3)CC2)c(Cl)c1)C(c1ccccc1)c1ccccc1. The number of carbonyl (C=O) groups excluding carboxylic acids is 2. The molecule has 2 amide bonds. The van der Waals surface area contributed by atoms with Crippen molar-refractivity contribution in [3.8, 4) is 0 Å². The molecule has 198 valence electrons. The van der Waals surface area contributed by atoms with Gasteiger partial charge in [0, 0.05) is 31.9 Å². The summed E-state index contributed by atoms with van der Waals surface area (Å²) >= 11 is 12.1. The third-order valence-electron chi connectivity index (χ3n) is 6.61. The normalized spacial score (nSPS) is 13.3. The highest BCUT2D eigenvalue weighted by Crippen LogP contribution is 2.30. The third-order valence-corrected chi connectivity index (χ3v) is 7.12. The molecule has 0 saturated carbocycles. The van der Waals surface area contributed by atoms with Crippen LogP contribution in [0.2, 0.25) is 5.02 Å². The van der Waals surface area contributed by atoms with Crippen LogP contribution in [0.25, 0.3) is 0 Å². The van der Waals surface area contributed by atoms with Gasteiger partial charge in [-0.2, -0.15) is 0 Å². The maximum Gasteiger partial charge on any atom is 0.289 e. The number of carbonyl (C=O) groups is 2. The maximum atomic E-state index is 13.3. The first-order valence-electron chi connectivity index (χ1n) is 12.6. The van der Waals surface area contributed by atoms with Crippen LogP contribution < -0.4 is 15.5 Å². The van der Waals surface area contributed by atoms with E-state index in [-0.39, 0.29) is 16.9 Å². The van der Waals surface area contributed by atoms with Gasteiger partial charge in [0.2, 0.25) is 5.91 Å². The number of halogens is 1. The quantitative estimate of drug-likeness (QED) is 0.303. The molecule has 0 atom stereocenters. The molecule has 3 aromatic carbocycles. The minimum Gasteiger partial charge on any atom is -0.459 e. The average Bonchev–Trinajstić information content (AvgIpc) is 3.49. The summed E-state index contributed by atoms with van der Waals surface area (Å²) in [5.74, 6) is -0.493. The van der Waals surface area contributed by atoms with Crippen LogP contribution in [-0.4, -0.2) is 48.0 Å². The highest BCUT2D eigenvalue weighted by molar-refractivity contribution is 7.80. The van der Waals surface area contributed by atoms with Crippen LogP contribution in [0.15, 0.2) is 102 Å². The highest BCUT2D eigenvalue weighted by Gasteiger charge is 2.25. The number of benzene rings is 3. The van der Waals surface area contributed by atoms with E-state index in [0.29, 0.717) is 42.6 Å². The van der Waals surface area contributed by atoms with Crippen molar-refractivity contribution in [2.75, 3.05) is 36.4 Å². The number of piperazine rings is 1. The largest absolute Gasteiger partial charge is 0.459 e. The number of nitrogens with one attached hydrogen (secondary N) is 2. The second kappa shape index (κ2) is 12.1. The van der Waals surface area contributed by atoms with Crippen molar-refractivity contribution in [3.63, 3.8) is 0 Å². The Morgan fingerprint density at radius 1 is 0.846 bits per heavy atom. The van der Waals surface area contributed by atoms with E-state index >= 15 is 0 Å². The van der Waals surface area contributed by atoms with Crippen molar-refractivity contribution in [2.24, 2.45) is 0 Å². The fraction of sp³-hybridized carbons (Fsp3) is 0.167. The number of hydrogen-bond donors (Lipinski definition) is 2. The number of hydrogen-bond acceptors (Lipinski definition) is 5. The summed E-state index contributed by atoms with van der Waals surface area (Å²) in [6.07, 6.45) is 1.50. The molecule has 0 aliphatic carbocycles. The fourth-order valence-corrected chi connectivity index (χ4v) is 5.20. The van der Waals surface area contributed by atoms with E-state index in [1.807, 2.05) is 72.8 Å². The van der Waals surface area contributed by atoms with E-state index < -0.39 is 5.92 Å². The minimum atomic E-state index is -0.503. The van der Waals surface area contributed by atoms with E-state index in [1.165, 1.54) is 6.26 Å². The predicted octanol–water partition coefficient (Wildman–Crippen LogP) is 5.54. The van der Waals surface area contributed by atoms with Crippen LogP contribution >= 0.6 is 23.8 Å². The molecule has 0 spiro atoms. The number of nitrogens with zero attached hydrogens (tertiary/aromatic N) is 2. The van der Waals surface area contributed by atoms with Gasteiger partial charge in [-0.3, -0.25) is 9.59 Å². The smallest absolute Gasteiger partial charge is 0.289 e. The van der Waals surface area contributed by atoms with Gasteiger partial charge in [-0.15, -0.1) is 0 Å². The molecule has 4 aromatic rings. The standard InChI is InChI=1S/C30H27ClN4O3S/c31-24-20-23(13-14-25(24)34-15-17-35(18-16-34)29(37)26-12-7-19-38-26)32-30(39)33-28(36)27(21-8-3-1-4-9-21)22-10-5-2-6-11-22/h1-14,19-20,27H,15-18H2,(H2,32,33,36,39). The maximum absolute atomic E-state index is 13.3. The van der Waals surface area contributed by atoms with Gasteiger partial charge in [0.25, 0.3) is 5.91 Å². The molecule has 5 rings (SSSR count). The van der Waals surface area contributed by atoms with Gasteiger partial charge in [0.15, 0.2) is 10.9 Å². The lowest BCUT2D eigenvalue weighted by Gasteiger charge is -2.36. The Hall–Kier alpha value is -4.14. The van der Waals surface area contributed by atoms with Crippen molar-refractivity contribution in [3.05, 3.63) is 119 Å². The van der Waals surface area contributed by atoms with Gasteiger partial charge in [-0.05, 0) is 53.7 Å². The zero-order valence-electron chi connectivity index (χ0n) is 21.0. The second-order valence-corrected chi connectivity index (χ2v) is 9.94. The summed E-state index contributed by atoms with van der Waals surface area (Å²) in [6, 6.07) is 28.1. The zero-order chi connectivity index (χ0) is 27.2. The Labute approximate surface area is 237 Å². The van der Waals surface area contributed by atoms with Crippen molar-refractivity contribution in [1.29, 1.82) is 0 Å². The molecular weight excluding hydrogens is 532 g/mol. The van der Waals surface area contributed by atoms with Gasteiger partial charge in [-0.25, -0.2) is 0 Å². The Morgan fingerprint density at radius 2 is 1.49 bits per heavy atom. The van der Waals surface area contributed by atoms with Gasteiger partial charge in [0.1, 0.15) is 0 Å². The molecule has 1 fully saturated rings. The van der Waals surface area contributed by atoms with Crippen LogP contribution in [0.1, 0.15) is 27.6 Å². The van der Waals surface area contributed by atoms with Crippen LogP contribution in [0.5, 0.6) is 0 Å². The molecule has 1 aliphatic rings. The summed E-state index contributed by atoms with van der Waals surface area (Å²) in [5.41, 5.74) is 3.29. The summed E-state index contributed by atoms with van der Waals surface area (Å²) in [7, 11) is 0. The third kappa shape index (κ3) is 6.30. The Morgan fingerprint density at radius 3 is 2.05 bits per heavy atom. The van der Waals surface area contributed by atoms with Crippen LogP contribution in [0.3, 0.4) is 0 Å². The fourth-order valence-electron chi connectivity index (χ4n) is 4.68. The minimum absolute atomic E-state index is 0.109. The van der Waals surface area contributed by atoms with E-state index in [9.17, 15) is 9.59 Å². The summed E-state index contributed by atoms with van der Waals surface area (Å²) in [5, 5.41) is 6.64. The van der Waals surface area contributed by atoms with Gasteiger partial charge in [0.05, 0.1) is 22.9 Å². The second-order valence-electron chi connectivity index (χ2n) is 9.12. The lowest BCUT2D eigenvalue weighted by atomic mass is 9.90. The van der Waals surface area contributed by atoms with E-state index in [2.05, 4.69) is 15.5 Å². The zero-order valence-corrected chi connectivity index (χ0v) is 22.6. The molecule has 2 N–H and O–H groups in total. The molecule has 1 aliphatic heterocycles. The van der Waals surface area contributed by atoms with E-state index in [0.717, 1.165) is 16.8 Å². The van der Waals surface area contributed by atoms with Crippen LogP contribution in [-0.2, 0) is 4.79 Å². The lowest BCUT2D eigenvalue weighted by molar-refractivity contribution is -0.120. The number of thiocarbonyl (C=S) groups is 1. The Bertz CT molecular complexity index is 1400. The first-order chi connectivity index (χ1) is 19.0. The molecule has 1 saturated heterocycles. The molecule has 1 aromatic heterocycles. The highest BCUT2D eigenvalue weighted by atomic mass is 35.5. The molecule has 0 unspecified atom stereocenters. The molecule has 9 heteroatoms. The molecule has 7 nitrogen and oxygen atoms in total. The van der Waals surface area contributed by atoms with Gasteiger partial charge in [-0.1, -0.05) is 72.3 Å². The number of furan rings is 1. The number of rotatable bonds is 6. The van der Waals surface area contributed by atoms with E-state index in [1.54, 1.807) is 23.1 Å². The topological polar surface area (TPSA) is 77.8 Å². The van der Waals surface area contributed by atoms with Crippen molar-refractivity contribution in [2.45, 2.75) is 5.92 Å². The molecule has 39 heavy (non-hydrogen) atoms. The van der Waals surface area contributed by atoms with Crippen molar-refractivity contribution < 1.29 is 14.0 Å². The summed E-state index contributed by atoms with van der Waals surface area (Å²) in [4.78, 5) is 29.8. The predicted molar refractivity (Wildman–Crippen MR) is 157 cm³/mol. The number of amides is 2.